The molecule has 10 heteroatoms. The van der Waals surface area contributed by atoms with Crippen LogP contribution in [0.25, 0.3) is 10.9 Å². The smallest absolute Gasteiger partial charge is 0.256 e. The molecule has 3 amide bonds. The van der Waals surface area contributed by atoms with Gasteiger partial charge in [-0.2, -0.15) is 0 Å². The second-order valence-corrected chi connectivity index (χ2v) is 13.0. The highest BCUT2D eigenvalue weighted by molar-refractivity contribution is 6.08. The Morgan fingerprint density at radius 1 is 1.02 bits per heavy atom. The Bertz CT molecular complexity index is 1800. The minimum atomic E-state index is -0.924. The Morgan fingerprint density at radius 3 is 2.38 bits per heavy atom. The lowest BCUT2D eigenvalue weighted by molar-refractivity contribution is -0.137. The van der Waals surface area contributed by atoms with E-state index in [1.165, 1.54) is 27.2 Å². The van der Waals surface area contributed by atoms with Crippen LogP contribution in [0, 0.1) is 13.8 Å². The maximum atomic E-state index is 14.1. The summed E-state index contributed by atoms with van der Waals surface area (Å²) in [5, 5.41) is 14.5. The molecule has 1 aromatic heterocycles. The molecule has 4 aromatic rings. The number of carbonyl (C=O) groups is 3. The first-order valence-corrected chi connectivity index (χ1v) is 16.1. The molecule has 246 valence electrons. The minimum absolute atomic E-state index is 0.0343. The molecule has 0 saturated carbocycles. The van der Waals surface area contributed by atoms with E-state index in [1.807, 2.05) is 60.1 Å². The van der Waals surface area contributed by atoms with Crippen molar-refractivity contribution in [2.45, 2.75) is 58.1 Å². The summed E-state index contributed by atoms with van der Waals surface area (Å²) in [4.78, 5) is 47.3. The molecule has 0 spiro atoms. The van der Waals surface area contributed by atoms with E-state index in [-0.39, 0.29) is 24.8 Å². The van der Waals surface area contributed by atoms with E-state index in [0.29, 0.717) is 37.5 Å². The number of fused-ring (bicyclic) bond motifs is 2. The molecule has 3 heterocycles. The second-order valence-electron chi connectivity index (χ2n) is 13.0. The summed E-state index contributed by atoms with van der Waals surface area (Å²) in [6, 6.07) is 17.7. The molecule has 3 atom stereocenters. The van der Waals surface area contributed by atoms with Crippen molar-refractivity contribution in [2.24, 2.45) is 7.05 Å². The molecule has 10 nitrogen and oxygen atoms in total. The van der Waals surface area contributed by atoms with Crippen LogP contribution in [0.2, 0.25) is 0 Å². The fraction of sp³-hybridized carbons (Fsp3) is 0.378. The maximum absolute atomic E-state index is 14.1. The second kappa shape index (κ2) is 13.2. The Morgan fingerprint density at radius 2 is 1.68 bits per heavy atom. The average Bonchev–Trinajstić information content (AvgIpc) is 3.75. The highest BCUT2D eigenvalue weighted by Crippen LogP contribution is 2.28. The number of methoxy groups -OCH3 is 1. The summed E-state index contributed by atoms with van der Waals surface area (Å²) < 4.78 is 7.39. The number of aromatic nitrogens is 1. The third kappa shape index (κ3) is 6.48. The number of aliphatic hydroxyl groups is 1. The summed E-state index contributed by atoms with van der Waals surface area (Å²) >= 11 is 0. The van der Waals surface area contributed by atoms with E-state index in [1.54, 1.807) is 25.3 Å². The molecule has 47 heavy (non-hydrogen) atoms. The summed E-state index contributed by atoms with van der Waals surface area (Å²) in [5.41, 5.74) is 7.10. The van der Waals surface area contributed by atoms with E-state index in [0.717, 1.165) is 16.5 Å². The lowest BCUT2D eigenvalue weighted by atomic mass is 10.0. The molecular weight excluding hydrogens is 594 g/mol. The topological polar surface area (TPSA) is 107 Å². The van der Waals surface area contributed by atoms with Gasteiger partial charge in [-0.3, -0.25) is 19.3 Å². The monoisotopic (exact) mass is 637 g/mol. The van der Waals surface area contributed by atoms with Crippen LogP contribution in [0.4, 0.5) is 0 Å². The number of carbonyl (C=O) groups excluding carboxylic acids is 3. The molecule has 2 unspecified atom stereocenters. The number of amides is 3. The van der Waals surface area contributed by atoms with Crippen molar-refractivity contribution in [3.8, 4) is 5.75 Å². The average molecular weight is 638 g/mol. The molecular formula is C37H43N5O5. The first-order valence-electron chi connectivity index (χ1n) is 16.1. The molecule has 2 N–H and O–H groups in total. The maximum Gasteiger partial charge on any atom is 0.256 e. The number of likely N-dealkylation sites (tertiary alicyclic amines) is 1. The molecule has 1 fully saturated rings. The molecule has 3 aromatic carbocycles. The van der Waals surface area contributed by atoms with Crippen LogP contribution >= 0.6 is 0 Å². The number of hydrogen-bond acceptors (Lipinski definition) is 6. The fourth-order valence-electron chi connectivity index (χ4n) is 7.00. The number of para-hydroxylation sites is 2. The number of likely N-dealkylation sites (N-methyl/N-ethyl adjacent to an activating group) is 1. The number of aryl methyl sites for hydroxylation is 3. The molecule has 0 radical (unpaired) electrons. The number of benzene rings is 3. The lowest BCUT2D eigenvalue weighted by Crippen LogP contribution is -2.56. The van der Waals surface area contributed by atoms with Crippen LogP contribution in [-0.2, 0) is 36.3 Å². The molecule has 2 aliphatic rings. The Hall–Kier alpha value is -4.67. The molecule has 0 bridgehead atoms. The van der Waals surface area contributed by atoms with Crippen molar-refractivity contribution in [1.29, 1.82) is 0 Å². The van der Waals surface area contributed by atoms with E-state index in [2.05, 4.69) is 36.2 Å². The van der Waals surface area contributed by atoms with Crippen molar-refractivity contribution in [3.63, 3.8) is 0 Å². The zero-order valence-electron chi connectivity index (χ0n) is 27.7. The van der Waals surface area contributed by atoms with Crippen LogP contribution in [0.3, 0.4) is 0 Å². The van der Waals surface area contributed by atoms with Crippen LogP contribution in [0.15, 0.2) is 66.9 Å². The predicted octanol–water partition coefficient (Wildman–Crippen LogP) is 3.54. The Labute approximate surface area is 275 Å². The van der Waals surface area contributed by atoms with Gasteiger partial charge in [-0.1, -0.05) is 48.5 Å². The summed E-state index contributed by atoms with van der Waals surface area (Å²) in [6.07, 6.45) is 1.00. The summed E-state index contributed by atoms with van der Waals surface area (Å²) in [5.74, 6) is -0.355. The minimum Gasteiger partial charge on any atom is -0.496 e. The SMILES string of the molecule is COc1ccccc1CN(C)C(=O)C(CN1Cc2cc(C)c(C)cc2C1)NC(=O)C1C[C@@H](O)CN1C(=O)c1cn(C)c2ccccc12. The Balaban J connectivity index is 1.24. The number of hydrogen-bond donors (Lipinski definition) is 2. The standard InChI is InChI=1S/C37H43N5O5/c1-23-14-26-18-41(19-27(26)15-24(23)2)22-31(37(46)40(4)17-25-10-6-9-13-34(25)47-5)38-35(44)33-16-28(43)20-42(33)36(45)30-21-39(3)32-12-8-7-11-29(30)32/h6-15,21,28,31,33,43H,16-20,22H2,1-5H3,(H,38,44)/t28-,31?,33?/m1/s1. The van der Waals surface area contributed by atoms with Gasteiger partial charge in [-0.25, -0.2) is 0 Å². The van der Waals surface area contributed by atoms with Gasteiger partial charge in [0.05, 0.1) is 18.8 Å². The Kier molecular flexibility index (Phi) is 9.07. The number of ether oxygens (including phenoxy) is 1. The van der Waals surface area contributed by atoms with Gasteiger partial charge in [0.15, 0.2) is 0 Å². The van der Waals surface area contributed by atoms with E-state index < -0.39 is 24.1 Å². The summed E-state index contributed by atoms with van der Waals surface area (Å²) in [7, 11) is 5.19. The third-order valence-corrected chi connectivity index (χ3v) is 9.61. The number of nitrogens with zero attached hydrogens (tertiary/aromatic N) is 4. The largest absolute Gasteiger partial charge is 0.496 e. The fourth-order valence-corrected chi connectivity index (χ4v) is 7.00. The van der Waals surface area contributed by atoms with Crippen molar-refractivity contribution in [2.75, 3.05) is 27.2 Å². The first kappa shape index (κ1) is 32.3. The molecule has 0 aliphatic carbocycles. The highest BCUT2D eigenvalue weighted by Gasteiger charge is 2.41. The molecule has 1 saturated heterocycles. The van der Waals surface area contributed by atoms with E-state index in [4.69, 9.17) is 4.74 Å². The molecule has 6 rings (SSSR count). The van der Waals surface area contributed by atoms with Crippen molar-refractivity contribution in [1.82, 2.24) is 24.6 Å². The lowest BCUT2D eigenvalue weighted by Gasteiger charge is -2.30. The predicted molar refractivity (Wildman–Crippen MR) is 180 cm³/mol. The van der Waals surface area contributed by atoms with Crippen molar-refractivity contribution >= 4 is 28.6 Å². The van der Waals surface area contributed by atoms with Gasteiger partial charge in [-0.15, -0.1) is 0 Å². The first-order chi connectivity index (χ1) is 22.5. The van der Waals surface area contributed by atoms with Crippen LogP contribution < -0.4 is 10.1 Å². The number of rotatable bonds is 9. The zero-order valence-corrected chi connectivity index (χ0v) is 27.7. The normalized spacial score (nSPS) is 18.3. The number of aliphatic hydroxyl groups excluding tert-OH is 1. The quantitative estimate of drug-likeness (QED) is 0.291. The van der Waals surface area contributed by atoms with Gasteiger partial charge in [-0.05, 0) is 48.2 Å². The van der Waals surface area contributed by atoms with Crippen molar-refractivity contribution in [3.05, 3.63) is 100 Å². The van der Waals surface area contributed by atoms with Gasteiger partial charge in [0.1, 0.15) is 17.8 Å². The van der Waals surface area contributed by atoms with Gasteiger partial charge >= 0.3 is 0 Å². The van der Waals surface area contributed by atoms with E-state index in [9.17, 15) is 19.5 Å². The van der Waals surface area contributed by atoms with Gasteiger partial charge in [0.25, 0.3) is 5.91 Å². The van der Waals surface area contributed by atoms with E-state index >= 15 is 0 Å². The zero-order chi connectivity index (χ0) is 33.4. The van der Waals surface area contributed by atoms with Gasteiger partial charge in [0, 0.05) is 75.9 Å². The van der Waals surface area contributed by atoms with Crippen molar-refractivity contribution < 1.29 is 24.2 Å². The number of nitrogens with one attached hydrogen (secondary N) is 1. The van der Waals surface area contributed by atoms with Gasteiger partial charge < -0.3 is 29.5 Å². The highest BCUT2D eigenvalue weighted by atomic mass is 16.5. The summed E-state index contributed by atoms with van der Waals surface area (Å²) in [6.45, 7) is 6.15. The van der Waals surface area contributed by atoms with Crippen LogP contribution in [0.1, 0.15) is 44.6 Å². The molecule has 2 aliphatic heterocycles. The third-order valence-electron chi connectivity index (χ3n) is 9.61. The number of β-amino-alcohol motifs (C(OH)–C–C–N with tert-alkyl or cyclic N) is 1. The van der Waals surface area contributed by atoms with Crippen LogP contribution in [0.5, 0.6) is 5.75 Å². The van der Waals surface area contributed by atoms with Crippen LogP contribution in [-0.4, -0.2) is 87.5 Å². The van der Waals surface area contributed by atoms with Gasteiger partial charge in [0.2, 0.25) is 11.8 Å².